The van der Waals surface area contributed by atoms with E-state index in [1.54, 1.807) is 11.8 Å². The van der Waals surface area contributed by atoms with E-state index in [1.807, 2.05) is 13.2 Å². The molecule has 1 amide bonds. The predicted octanol–water partition coefficient (Wildman–Crippen LogP) is 0.225. The van der Waals surface area contributed by atoms with Gasteiger partial charge in [-0.25, -0.2) is 0 Å². The van der Waals surface area contributed by atoms with Gasteiger partial charge in [-0.3, -0.25) is 9.48 Å². The first-order valence-corrected chi connectivity index (χ1v) is 6.65. The number of nitrogens with zero attached hydrogens (tertiary/aromatic N) is 2. The van der Waals surface area contributed by atoms with E-state index < -0.39 is 0 Å². The summed E-state index contributed by atoms with van der Waals surface area (Å²) in [5.41, 5.74) is 2.23. The summed E-state index contributed by atoms with van der Waals surface area (Å²) in [5, 5.41) is 10.3. The Labute approximate surface area is 114 Å². The van der Waals surface area contributed by atoms with Gasteiger partial charge in [0.15, 0.2) is 0 Å². The van der Waals surface area contributed by atoms with Gasteiger partial charge in [0.2, 0.25) is 5.91 Å². The van der Waals surface area contributed by atoms with Gasteiger partial charge in [0, 0.05) is 45.6 Å². The van der Waals surface area contributed by atoms with Crippen LogP contribution in [0, 0.1) is 0 Å². The monoisotopic (exact) mass is 268 g/mol. The van der Waals surface area contributed by atoms with Crippen molar-refractivity contribution in [2.24, 2.45) is 7.05 Å². The van der Waals surface area contributed by atoms with Crippen LogP contribution in [0.4, 0.5) is 0 Å². The summed E-state index contributed by atoms with van der Waals surface area (Å²) in [6.07, 6.45) is 3.73. The van der Waals surface area contributed by atoms with Crippen LogP contribution in [0.2, 0.25) is 0 Å². The summed E-state index contributed by atoms with van der Waals surface area (Å²) in [4.78, 5) is 11.5. The second-order valence-electron chi connectivity index (χ2n) is 4.43. The minimum atomic E-state index is 0.0121. The molecule has 6 nitrogen and oxygen atoms in total. The van der Waals surface area contributed by atoms with E-state index >= 15 is 0 Å². The van der Waals surface area contributed by atoms with E-state index in [0.717, 1.165) is 24.1 Å². The maximum Gasteiger partial charge on any atom is 0.233 e. The third kappa shape index (κ3) is 5.85. The number of carbonyl (C=O) groups is 1. The largest absolute Gasteiger partial charge is 0.385 e. The molecule has 1 aromatic heterocycles. The second kappa shape index (κ2) is 8.66. The molecular formula is C13H24N4O2. The number of aryl methyl sites for hydroxylation is 2. The van der Waals surface area contributed by atoms with Gasteiger partial charge in [0.1, 0.15) is 0 Å². The number of aromatic nitrogens is 2. The van der Waals surface area contributed by atoms with Crippen molar-refractivity contribution in [3.63, 3.8) is 0 Å². The summed E-state index contributed by atoms with van der Waals surface area (Å²) in [7, 11) is 3.56. The Bertz CT molecular complexity index is 390. The van der Waals surface area contributed by atoms with Gasteiger partial charge >= 0.3 is 0 Å². The lowest BCUT2D eigenvalue weighted by molar-refractivity contribution is -0.120. The zero-order valence-electron chi connectivity index (χ0n) is 12.0. The fraction of sp³-hybridized carbons (Fsp3) is 0.692. The lowest BCUT2D eigenvalue weighted by Crippen LogP contribution is -2.34. The Morgan fingerprint density at radius 1 is 1.53 bits per heavy atom. The molecule has 0 aliphatic heterocycles. The predicted molar refractivity (Wildman–Crippen MR) is 73.8 cm³/mol. The van der Waals surface area contributed by atoms with Crippen molar-refractivity contribution in [1.29, 1.82) is 0 Å². The van der Waals surface area contributed by atoms with Crippen molar-refractivity contribution < 1.29 is 9.53 Å². The Morgan fingerprint density at radius 3 is 3.00 bits per heavy atom. The van der Waals surface area contributed by atoms with Gasteiger partial charge in [-0.1, -0.05) is 6.92 Å². The molecule has 0 spiro atoms. The van der Waals surface area contributed by atoms with Gasteiger partial charge in [-0.15, -0.1) is 0 Å². The first-order valence-electron chi connectivity index (χ1n) is 6.65. The highest BCUT2D eigenvalue weighted by molar-refractivity contribution is 5.77. The van der Waals surface area contributed by atoms with Crippen molar-refractivity contribution in [2.75, 3.05) is 26.8 Å². The van der Waals surface area contributed by atoms with Gasteiger partial charge in [0.05, 0.1) is 12.2 Å². The number of amides is 1. The molecule has 0 unspecified atom stereocenters. The van der Waals surface area contributed by atoms with E-state index in [9.17, 15) is 4.79 Å². The molecule has 108 valence electrons. The fourth-order valence-corrected chi connectivity index (χ4v) is 1.85. The molecule has 0 saturated heterocycles. The minimum Gasteiger partial charge on any atom is -0.385 e. The molecule has 19 heavy (non-hydrogen) atoms. The van der Waals surface area contributed by atoms with Crippen molar-refractivity contribution >= 4 is 5.91 Å². The molecule has 1 heterocycles. The lowest BCUT2D eigenvalue weighted by atomic mass is 10.2. The second-order valence-corrected chi connectivity index (χ2v) is 4.43. The minimum absolute atomic E-state index is 0.0121. The SMILES string of the molecule is CCc1nn(C)cc1CNCC(=O)NCCCOC. The van der Waals surface area contributed by atoms with E-state index in [2.05, 4.69) is 22.7 Å². The first-order chi connectivity index (χ1) is 9.17. The van der Waals surface area contributed by atoms with Crippen molar-refractivity contribution in [3.05, 3.63) is 17.5 Å². The zero-order chi connectivity index (χ0) is 14.1. The van der Waals surface area contributed by atoms with E-state index in [0.29, 0.717) is 26.2 Å². The molecule has 0 aromatic carbocycles. The van der Waals surface area contributed by atoms with Crippen LogP contribution in [0.25, 0.3) is 0 Å². The number of methoxy groups -OCH3 is 1. The highest BCUT2D eigenvalue weighted by Crippen LogP contribution is 2.06. The third-order valence-corrected chi connectivity index (χ3v) is 2.78. The maximum absolute atomic E-state index is 11.5. The molecule has 0 saturated carbocycles. The molecule has 0 bridgehead atoms. The zero-order valence-corrected chi connectivity index (χ0v) is 12.0. The van der Waals surface area contributed by atoms with Crippen LogP contribution in [0.1, 0.15) is 24.6 Å². The van der Waals surface area contributed by atoms with Crippen molar-refractivity contribution in [3.8, 4) is 0 Å². The summed E-state index contributed by atoms with van der Waals surface area (Å²) in [6, 6.07) is 0. The molecule has 0 fully saturated rings. The van der Waals surface area contributed by atoms with Crippen LogP contribution < -0.4 is 10.6 Å². The Kier molecular flexibility index (Phi) is 7.14. The number of ether oxygens (including phenoxy) is 1. The highest BCUT2D eigenvalue weighted by atomic mass is 16.5. The Hall–Kier alpha value is -1.40. The maximum atomic E-state index is 11.5. The molecule has 0 aliphatic carbocycles. The number of carbonyl (C=O) groups excluding carboxylic acids is 1. The van der Waals surface area contributed by atoms with Crippen molar-refractivity contribution in [1.82, 2.24) is 20.4 Å². The topological polar surface area (TPSA) is 68.2 Å². The quantitative estimate of drug-likeness (QED) is 0.629. The molecule has 2 N–H and O–H groups in total. The molecule has 0 radical (unpaired) electrons. The van der Waals surface area contributed by atoms with Crippen LogP contribution >= 0.6 is 0 Å². The Morgan fingerprint density at radius 2 is 2.32 bits per heavy atom. The summed E-state index contributed by atoms with van der Waals surface area (Å²) in [5.74, 6) is 0.0121. The fourth-order valence-electron chi connectivity index (χ4n) is 1.85. The van der Waals surface area contributed by atoms with Gasteiger partial charge in [-0.2, -0.15) is 5.10 Å². The summed E-state index contributed by atoms with van der Waals surface area (Å²) >= 11 is 0. The average Bonchev–Trinajstić information content (AvgIpc) is 2.75. The standard InChI is InChI=1S/C13H24N4O2/c1-4-12-11(10-17(2)16-12)8-14-9-13(18)15-6-5-7-19-3/h10,14H,4-9H2,1-3H3,(H,15,18). The van der Waals surface area contributed by atoms with Crippen LogP contribution in [0.3, 0.4) is 0 Å². The van der Waals surface area contributed by atoms with Gasteiger partial charge in [0.25, 0.3) is 0 Å². The molecule has 1 aromatic rings. The molecule has 1 rings (SSSR count). The van der Waals surface area contributed by atoms with E-state index in [-0.39, 0.29) is 5.91 Å². The van der Waals surface area contributed by atoms with Crippen LogP contribution in [-0.4, -0.2) is 42.5 Å². The van der Waals surface area contributed by atoms with Crippen molar-refractivity contribution in [2.45, 2.75) is 26.3 Å². The highest BCUT2D eigenvalue weighted by Gasteiger charge is 2.06. The van der Waals surface area contributed by atoms with Crippen LogP contribution in [-0.2, 0) is 29.5 Å². The summed E-state index contributed by atoms with van der Waals surface area (Å²) in [6.45, 7) is 4.40. The normalized spacial score (nSPS) is 10.7. The number of hydrogen-bond donors (Lipinski definition) is 2. The third-order valence-electron chi connectivity index (χ3n) is 2.78. The average molecular weight is 268 g/mol. The summed E-state index contributed by atoms with van der Waals surface area (Å²) < 4.78 is 6.72. The van der Waals surface area contributed by atoms with Gasteiger partial charge in [-0.05, 0) is 12.8 Å². The molecule has 0 aliphatic rings. The van der Waals surface area contributed by atoms with Gasteiger partial charge < -0.3 is 15.4 Å². The molecule has 6 heteroatoms. The van der Waals surface area contributed by atoms with Crippen LogP contribution in [0.5, 0.6) is 0 Å². The molecular weight excluding hydrogens is 244 g/mol. The number of hydrogen-bond acceptors (Lipinski definition) is 4. The van der Waals surface area contributed by atoms with Crippen LogP contribution in [0.15, 0.2) is 6.20 Å². The number of nitrogens with one attached hydrogen (secondary N) is 2. The Balaban J connectivity index is 2.20. The number of rotatable bonds is 9. The van der Waals surface area contributed by atoms with E-state index in [4.69, 9.17) is 4.74 Å². The lowest BCUT2D eigenvalue weighted by Gasteiger charge is -2.06. The first kappa shape index (κ1) is 15.7. The molecule has 0 atom stereocenters. The van der Waals surface area contributed by atoms with E-state index in [1.165, 1.54) is 0 Å². The smallest absolute Gasteiger partial charge is 0.233 e.